The highest BCUT2D eigenvalue weighted by Gasteiger charge is 2.11. The number of nitrogens with zero attached hydrogens (tertiary/aromatic N) is 5. The van der Waals surface area contributed by atoms with Gasteiger partial charge >= 0.3 is 5.82 Å². The van der Waals surface area contributed by atoms with Gasteiger partial charge in [-0.2, -0.15) is 0 Å². The van der Waals surface area contributed by atoms with E-state index < -0.39 is 4.92 Å². The molecule has 0 atom stereocenters. The molecule has 7 nitrogen and oxygen atoms in total. The van der Waals surface area contributed by atoms with Crippen LogP contribution in [0.15, 0.2) is 42.9 Å². The molecule has 0 aliphatic rings. The molecule has 0 aliphatic carbocycles. The molecule has 3 rings (SSSR count). The SMILES string of the molecule is Cc1cc(Cn2cnc([N+](=O)[O-])c2)nc(-c2ccc(Cl)cc2)n1. The van der Waals surface area contributed by atoms with Crippen molar-refractivity contribution >= 4 is 17.4 Å². The third kappa shape index (κ3) is 3.51. The van der Waals surface area contributed by atoms with Gasteiger partial charge in [0.05, 0.1) is 12.2 Å². The quantitative estimate of drug-likeness (QED) is 0.541. The van der Waals surface area contributed by atoms with Crippen LogP contribution in [0.2, 0.25) is 5.02 Å². The molecule has 0 saturated heterocycles. The summed E-state index contributed by atoms with van der Waals surface area (Å²) in [5.74, 6) is 0.403. The summed E-state index contributed by atoms with van der Waals surface area (Å²) in [4.78, 5) is 22.8. The average molecular weight is 330 g/mol. The highest BCUT2D eigenvalue weighted by molar-refractivity contribution is 6.30. The second kappa shape index (κ2) is 6.13. The summed E-state index contributed by atoms with van der Waals surface area (Å²) in [6, 6.07) is 9.10. The van der Waals surface area contributed by atoms with Gasteiger partial charge in [-0.1, -0.05) is 11.6 Å². The van der Waals surface area contributed by atoms with Crippen molar-refractivity contribution < 1.29 is 4.92 Å². The van der Waals surface area contributed by atoms with Crippen LogP contribution in [-0.2, 0) is 6.54 Å². The van der Waals surface area contributed by atoms with Gasteiger partial charge in [-0.3, -0.25) is 0 Å². The van der Waals surface area contributed by atoms with Crippen molar-refractivity contribution in [2.45, 2.75) is 13.5 Å². The van der Waals surface area contributed by atoms with Crippen molar-refractivity contribution in [3.05, 3.63) is 69.4 Å². The van der Waals surface area contributed by atoms with Gasteiger partial charge in [-0.05, 0) is 47.2 Å². The monoisotopic (exact) mass is 329 g/mol. The molecule has 0 bridgehead atoms. The lowest BCUT2D eigenvalue weighted by molar-refractivity contribution is -0.389. The van der Waals surface area contributed by atoms with Crippen molar-refractivity contribution in [3.8, 4) is 11.4 Å². The van der Waals surface area contributed by atoms with E-state index in [1.165, 1.54) is 12.5 Å². The van der Waals surface area contributed by atoms with Crippen LogP contribution in [0.5, 0.6) is 0 Å². The predicted molar refractivity (Wildman–Crippen MR) is 85.2 cm³/mol. The highest BCUT2D eigenvalue weighted by atomic mass is 35.5. The van der Waals surface area contributed by atoms with Gasteiger partial charge in [0.25, 0.3) is 0 Å². The molecule has 0 spiro atoms. The molecular formula is C15H12ClN5O2. The van der Waals surface area contributed by atoms with E-state index in [0.717, 1.165) is 17.0 Å². The van der Waals surface area contributed by atoms with E-state index in [4.69, 9.17) is 11.6 Å². The molecule has 0 saturated carbocycles. The first kappa shape index (κ1) is 15.1. The number of imidazole rings is 1. The Balaban J connectivity index is 1.90. The molecule has 3 aromatic rings. The summed E-state index contributed by atoms with van der Waals surface area (Å²) in [7, 11) is 0. The molecule has 1 aromatic carbocycles. The lowest BCUT2D eigenvalue weighted by Gasteiger charge is -2.06. The third-order valence-corrected chi connectivity index (χ3v) is 3.41. The van der Waals surface area contributed by atoms with Gasteiger partial charge < -0.3 is 14.7 Å². The fraction of sp³-hybridized carbons (Fsp3) is 0.133. The minimum atomic E-state index is -0.527. The largest absolute Gasteiger partial charge is 0.381 e. The fourth-order valence-electron chi connectivity index (χ4n) is 2.16. The number of aromatic nitrogens is 4. The van der Waals surface area contributed by atoms with Gasteiger partial charge in [0.15, 0.2) is 5.82 Å². The minimum Gasteiger partial charge on any atom is -0.358 e. The molecule has 0 aliphatic heterocycles. The first-order valence-electron chi connectivity index (χ1n) is 6.78. The summed E-state index contributed by atoms with van der Waals surface area (Å²) < 4.78 is 1.62. The molecule has 2 heterocycles. The van der Waals surface area contributed by atoms with Crippen LogP contribution in [0.3, 0.4) is 0 Å². The van der Waals surface area contributed by atoms with Crippen molar-refractivity contribution in [2.75, 3.05) is 0 Å². The van der Waals surface area contributed by atoms with Crippen LogP contribution in [0, 0.1) is 17.0 Å². The summed E-state index contributed by atoms with van der Waals surface area (Å²) in [5.41, 5.74) is 2.42. The smallest absolute Gasteiger partial charge is 0.358 e. The molecule has 0 amide bonds. The number of aryl methyl sites for hydroxylation is 1. The van der Waals surface area contributed by atoms with E-state index in [1.54, 1.807) is 16.7 Å². The Kier molecular flexibility index (Phi) is 4.03. The molecule has 0 fully saturated rings. The fourth-order valence-corrected chi connectivity index (χ4v) is 2.28. The lowest BCUT2D eigenvalue weighted by atomic mass is 10.2. The minimum absolute atomic E-state index is 0.186. The Morgan fingerprint density at radius 3 is 2.65 bits per heavy atom. The molecule has 8 heteroatoms. The zero-order chi connectivity index (χ0) is 16.4. The van der Waals surface area contributed by atoms with Crippen molar-refractivity contribution in [3.63, 3.8) is 0 Å². The normalized spacial score (nSPS) is 10.7. The van der Waals surface area contributed by atoms with E-state index in [9.17, 15) is 10.1 Å². The molecule has 23 heavy (non-hydrogen) atoms. The summed E-state index contributed by atoms with van der Waals surface area (Å²) in [6.07, 6.45) is 2.79. The van der Waals surface area contributed by atoms with E-state index in [2.05, 4.69) is 15.0 Å². The Morgan fingerprint density at radius 1 is 1.26 bits per heavy atom. The zero-order valence-electron chi connectivity index (χ0n) is 12.2. The number of halogens is 1. The second-order valence-corrected chi connectivity index (χ2v) is 5.43. The van der Waals surface area contributed by atoms with Crippen molar-refractivity contribution in [1.29, 1.82) is 0 Å². The van der Waals surface area contributed by atoms with Crippen LogP contribution in [0.4, 0.5) is 5.82 Å². The first-order chi connectivity index (χ1) is 11.0. The van der Waals surface area contributed by atoms with E-state index >= 15 is 0 Å². The predicted octanol–water partition coefficient (Wildman–Crippen LogP) is 3.26. The molecule has 0 radical (unpaired) electrons. The lowest BCUT2D eigenvalue weighted by Crippen LogP contribution is -2.03. The standard InChI is InChI=1S/C15H12ClN5O2/c1-10-6-13(7-20-8-14(17-9-20)21(22)23)19-15(18-10)11-2-4-12(16)5-3-11/h2-6,8-9H,7H2,1H3. The van der Waals surface area contributed by atoms with Crippen LogP contribution in [-0.4, -0.2) is 24.4 Å². The van der Waals surface area contributed by atoms with Gasteiger partial charge in [0.2, 0.25) is 6.33 Å². The Hall–Kier alpha value is -2.80. The van der Waals surface area contributed by atoms with Gasteiger partial charge in [0, 0.05) is 16.3 Å². The zero-order valence-corrected chi connectivity index (χ0v) is 12.9. The van der Waals surface area contributed by atoms with Crippen LogP contribution >= 0.6 is 11.6 Å². The average Bonchev–Trinajstić information content (AvgIpc) is 2.96. The maximum absolute atomic E-state index is 10.7. The van der Waals surface area contributed by atoms with Crippen LogP contribution < -0.4 is 0 Å². The molecular weight excluding hydrogens is 318 g/mol. The molecule has 116 valence electrons. The summed E-state index contributed by atoms with van der Waals surface area (Å²) in [5, 5.41) is 11.3. The molecule has 0 N–H and O–H groups in total. The Labute approximate surface area is 136 Å². The Bertz CT molecular complexity index is 861. The number of benzene rings is 1. The van der Waals surface area contributed by atoms with Crippen molar-refractivity contribution in [1.82, 2.24) is 19.5 Å². The van der Waals surface area contributed by atoms with Crippen LogP contribution in [0.1, 0.15) is 11.4 Å². The highest BCUT2D eigenvalue weighted by Crippen LogP contribution is 2.19. The number of hydrogen-bond donors (Lipinski definition) is 0. The summed E-state index contributed by atoms with van der Waals surface area (Å²) in [6.45, 7) is 2.26. The maximum Gasteiger partial charge on any atom is 0.381 e. The number of hydrogen-bond acceptors (Lipinski definition) is 5. The summed E-state index contributed by atoms with van der Waals surface area (Å²) >= 11 is 5.89. The van der Waals surface area contributed by atoms with Crippen LogP contribution in [0.25, 0.3) is 11.4 Å². The Morgan fingerprint density at radius 2 is 2.00 bits per heavy atom. The molecule has 2 aromatic heterocycles. The molecule has 0 unspecified atom stereocenters. The van der Waals surface area contributed by atoms with E-state index in [-0.39, 0.29) is 5.82 Å². The van der Waals surface area contributed by atoms with E-state index in [0.29, 0.717) is 17.4 Å². The maximum atomic E-state index is 10.7. The topological polar surface area (TPSA) is 86.7 Å². The number of rotatable bonds is 4. The van der Waals surface area contributed by atoms with E-state index in [1.807, 2.05) is 25.1 Å². The van der Waals surface area contributed by atoms with Gasteiger partial charge in [-0.25, -0.2) is 9.97 Å². The van der Waals surface area contributed by atoms with Gasteiger partial charge in [0.1, 0.15) is 6.20 Å². The third-order valence-electron chi connectivity index (χ3n) is 3.16. The first-order valence-corrected chi connectivity index (χ1v) is 7.16. The second-order valence-electron chi connectivity index (χ2n) is 4.99. The number of nitro groups is 1. The van der Waals surface area contributed by atoms with Gasteiger partial charge in [-0.15, -0.1) is 0 Å². The van der Waals surface area contributed by atoms with Crippen molar-refractivity contribution in [2.24, 2.45) is 0 Å².